The number of guanidine groups is 1. The van der Waals surface area contributed by atoms with Gasteiger partial charge in [-0.2, -0.15) is 0 Å². The number of carbonyl (C=O) groups is 1. The van der Waals surface area contributed by atoms with Crippen molar-refractivity contribution in [2.75, 3.05) is 7.05 Å². The van der Waals surface area contributed by atoms with E-state index >= 15 is 0 Å². The standard InChI is InChI=1S/C11H21N3O/c1-5-6-7-11(8(2)3)9(15)14(4)10(12)13-11/h8H,5-7H2,1-4H3,(H2,12,13)/t11-/m1/s1. The minimum absolute atomic E-state index is 0.0449. The summed E-state index contributed by atoms with van der Waals surface area (Å²) in [6, 6.07) is 0. The van der Waals surface area contributed by atoms with Gasteiger partial charge in [0.25, 0.3) is 5.91 Å². The van der Waals surface area contributed by atoms with Crippen molar-refractivity contribution in [3.05, 3.63) is 0 Å². The topological polar surface area (TPSA) is 58.7 Å². The van der Waals surface area contributed by atoms with Gasteiger partial charge in [0.15, 0.2) is 5.96 Å². The van der Waals surface area contributed by atoms with E-state index in [0.717, 1.165) is 19.3 Å². The first-order valence-electron chi connectivity index (χ1n) is 5.59. The Morgan fingerprint density at radius 1 is 1.53 bits per heavy atom. The van der Waals surface area contributed by atoms with E-state index in [4.69, 9.17) is 5.73 Å². The number of carbonyl (C=O) groups excluding carboxylic acids is 1. The largest absolute Gasteiger partial charge is 0.369 e. The van der Waals surface area contributed by atoms with Crippen molar-refractivity contribution in [1.29, 1.82) is 0 Å². The highest BCUT2D eigenvalue weighted by atomic mass is 16.2. The minimum Gasteiger partial charge on any atom is -0.369 e. The molecule has 0 bridgehead atoms. The van der Waals surface area contributed by atoms with E-state index in [2.05, 4.69) is 11.9 Å². The lowest BCUT2D eigenvalue weighted by Gasteiger charge is -2.28. The van der Waals surface area contributed by atoms with Crippen LogP contribution in [0.1, 0.15) is 40.0 Å². The molecule has 0 aromatic rings. The first kappa shape index (κ1) is 12.0. The highest BCUT2D eigenvalue weighted by molar-refractivity contribution is 6.06. The Hall–Kier alpha value is -1.06. The third-order valence-electron chi connectivity index (χ3n) is 3.20. The molecule has 4 nitrogen and oxygen atoms in total. The van der Waals surface area contributed by atoms with E-state index < -0.39 is 5.54 Å². The van der Waals surface area contributed by atoms with Crippen LogP contribution < -0.4 is 5.73 Å². The molecule has 1 rings (SSSR count). The normalized spacial score (nSPS) is 26.3. The number of hydrogen-bond donors (Lipinski definition) is 1. The fraction of sp³-hybridized carbons (Fsp3) is 0.818. The van der Waals surface area contributed by atoms with Gasteiger partial charge in [0.05, 0.1) is 0 Å². The zero-order valence-electron chi connectivity index (χ0n) is 10.1. The van der Waals surface area contributed by atoms with Gasteiger partial charge < -0.3 is 5.73 Å². The summed E-state index contributed by atoms with van der Waals surface area (Å²) in [7, 11) is 1.69. The Labute approximate surface area is 91.5 Å². The number of aliphatic imine (C=N–C) groups is 1. The molecule has 1 amide bonds. The summed E-state index contributed by atoms with van der Waals surface area (Å²) < 4.78 is 0. The predicted octanol–water partition coefficient (Wildman–Crippen LogP) is 1.36. The molecule has 0 aromatic heterocycles. The van der Waals surface area contributed by atoms with E-state index in [9.17, 15) is 4.79 Å². The van der Waals surface area contributed by atoms with Gasteiger partial charge in [0, 0.05) is 7.05 Å². The SMILES string of the molecule is CCCC[C@]1(C(C)C)N=C(N)N(C)C1=O. The van der Waals surface area contributed by atoms with Gasteiger partial charge in [-0.05, 0) is 12.3 Å². The van der Waals surface area contributed by atoms with Crippen molar-refractivity contribution in [2.24, 2.45) is 16.6 Å². The van der Waals surface area contributed by atoms with E-state index in [0.29, 0.717) is 5.96 Å². The number of nitrogens with two attached hydrogens (primary N) is 1. The summed E-state index contributed by atoms with van der Waals surface area (Å²) in [5.74, 6) is 0.591. The summed E-state index contributed by atoms with van der Waals surface area (Å²) in [5.41, 5.74) is 5.11. The Balaban J connectivity index is 2.97. The first-order valence-corrected chi connectivity index (χ1v) is 5.59. The van der Waals surface area contributed by atoms with Crippen LogP contribution in [0.15, 0.2) is 4.99 Å². The smallest absolute Gasteiger partial charge is 0.257 e. The molecular weight excluding hydrogens is 190 g/mol. The molecule has 1 aliphatic heterocycles. The van der Waals surface area contributed by atoms with E-state index in [1.165, 1.54) is 4.90 Å². The van der Waals surface area contributed by atoms with E-state index in [1.807, 2.05) is 13.8 Å². The zero-order chi connectivity index (χ0) is 11.6. The maximum Gasteiger partial charge on any atom is 0.257 e. The lowest BCUT2D eigenvalue weighted by atomic mass is 9.82. The number of hydrogen-bond acceptors (Lipinski definition) is 3. The molecule has 2 N–H and O–H groups in total. The van der Waals surface area contributed by atoms with Crippen LogP contribution in [0, 0.1) is 5.92 Å². The first-order chi connectivity index (χ1) is 6.95. The fourth-order valence-electron chi connectivity index (χ4n) is 2.00. The molecule has 15 heavy (non-hydrogen) atoms. The summed E-state index contributed by atoms with van der Waals surface area (Å²) >= 11 is 0. The minimum atomic E-state index is -0.602. The Morgan fingerprint density at radius 2 is 2.13 bits per heavy atom. The third kappa shape index (κ3) is 1.85. The second-order valence-corrected chi connectivity index (χ2v) is 4.52. The monoisotopic (exact) mass is 211 g/mol. The molecule has 0 radical (unpaired) electrons. The van der Waals surface area contributed by atoms with Crippen LogP contribution in [-0.2, 0) is 4.79 Å². The number of amides is 1. The summed E-state index contributed by atoms with van der Waals surface area (Å²) in [4.78, 5) is 18.0. The molecule has 0 unspecified atom stereocenters. The molecule has 0 saturated carbocycles. The number of likely N-dealkylation sites (N-methyl/N-ethyl adjacent to an activating group) is 1. The van der Waals surface area contributed by atoms with Crippen molar-refractivity contribution < 1.29 is 4.79 Å². The highest BCUT2D eigenvalue weighted by Crippen LogP contribution is 2.33. The van der Waals surface area contributed by atoms with E-state index in [1.54, 1.807) is 7.05 Å². The maximum atomic E-state index is 12.1. The number of nitrogens with zero attached hydrogens (tertiary/aromatic N) is 2. The number of rotatable bonds is 4. The quantitative estimate of drug-likeness (QED) is 0.763. The highest BCUT2D eigenvalue weighted by Gasteiger charge is 2.47. The molecule has 0 aromatic carbocycles. The fourth-order valence-corrected chi connectivity index (χ4v) is 2.00. The molecule has 0 fully saturated rings. The third-order valence-corrected chi connectivity index (χ3v) is 3.20. The molecule has 1 atom stereocenters. The van der Waals surface area contributed by atoms with Crippen LogP contribution in [0.25, 0.3) is 0 Å². The van der Waals surface area contributed by atoms with Crippen LogP contribution in [0.2, 0.25) is 0 Å². The molecule has 0 spiro atoms. The van der Waals surface area contributed by atoms with Gasteiger partial charge in [0.2, 0.25) is 0 Å². The molecular formula is C11H21N3O. The van der Waals surface area contributed by atoms with Crippen LogP contribution in [0.3, 0.4) is 0 Å². The Morgan fingerprint density at radius 3 is 2.47 bits per heavy atom. The van der Waals surface area contributed by atoms with Crippen LogP contribution in [0.5, 0.6) is 0 Å². The summed E-state index contributed by atoms with van der Waals surface area (Å²) in [6.45, 7) is 6.18. The Bertz CT molecular complexity index is 286. The predicted molar refractivity (Wildman–Crippen MR) is 61.5 cm³/mol. The van der Waals surface area contributed by atoms with Gasteiger partial charge in [-0.25, -0.2) is 4.99 Å². The van der Waals surface area contributed by atoms with Gasteiger partial charge in [-0.1, -0.05) is 33.6 Å². The average molecular weight is 211 g/mol. The van der Waals surface area contributed by atoms with Gasteiger partial charge in [-0.15, -0.1) is 0 Å². The molecule has 4 heteroatoms. The number of unbranched alkanes of at least 4 members (excludes halogenated alkanes) is 1. The van der Waals surface area contributed by atoms with Crippen LogP contribution in [-0.4, -0.2) is 29.4 Å². The van der Waals surface area contributed by atoms with Gasteiger partial charge in [0.1, 0.15) is 5.54 Å². The van der Waals surface area contributed by atoms with Crippen molar-refractivity contribution in [3.63, 3.8) is 0 Å². The van der Waals surface area contributed by atoms with Crippen LogP contribution in [0.4, 0.5) is 0 Å². The average Bonchev–Trinajstić information content (AvgIpc) is 2.41. The molecule has 1 heterocycles. The van der Waals surface area contributed by atoms with Crippen molar-refractivity contribution in [2.45, 2.75) is 45.6 Å². The van der Waals surface area contributed by atoms with Crippen molar-refractivity contribution in [1.82, 2.24) is 4.90 Å². The zero-order valence-corrected chi connectivity index (χ0v) is 10.1. The molecule has 86 valence electrons. The van der Waals surface area contributed by atoms with Gasteiger partial charge >= 0.3 is 0 Å². The Kier molecular flexibility index (Phi) is 3.37. The molecule has 0 saturated heterocycles. The molecule has 1 aliphatic rings. The van der Waals surface area contributed by atoms with Gasteiger partial charge in [-0.3, -0.25) is 9.69 Å². The second-order valence-electron chi connectivity index (χ2n) is 4.52. The van der Waals surface area contributed by atoms with Crippen LogP contribution >= 0.6 is 0 Å². The second kappa shape index (κ2) is 4.21. The van der Waals surface area contributed by atoms with Crippen molar-refractivity contribution in [3.8, 4) is 0 Å². The summed E-state index contributed by atoms with van der Waals surface area (Å²) in [6.07, 6.45) is 2.88. The van der Waals surface area contributed by atoms with Crippen molar-refractivity contribution >= 4 is 11.9 Å². The lowest BCUT2D eigenvalue weighted by molar-refractivity contribution is -0.132. The molecule has 0 aliphatic carbocycles. The van der Waals surface area contributed by atoms with E-state index in [-0.39, 0.29) is 11.8 Å². The summed E-state index contributed by atoms with van der Waals surface area (Å²) in [5, 5.41) is 0. The maximum absolute atomic E-state index is 12.1. The lowest BCUT2D eigenvalue weighted by Crippen LogP contribution is -2.45.